The number of β-amino-alcohol motifs (C(OH)–C–C–N with tert-alkyl or cyclic N) is 1. The molecule has 0 aliphatic carbocycles. The van der Waals surface area contributed by atoms with Crippen LogP contribution in [0.4, 0.5) is 5.82 Å². The van der Waals surface area contributed by atoms with Gasteiger partial charge in [-0.3, -0.25) is 4.79 Å². The maximum Gasteiger partial charge on any atom is 0.252 e. The van der Waals surface area contributed by atoms with Crippen LogP contribution in [-0.4, -0.2) is 33.8 Å². The van der Waals surface area contributed by atoms with Crippen molar-refractivity contribution in [1.29, 1.82) is 0 Å². The van der Waals surface area contributed by atoms with Gasteiger partial charge in [-0.15, -0.1) is 0 Å². The number of nitrogens with one attached hydrogen (secondary N) is 1. The van der Waals surface area contributed by atoms with Crippen LogP contribution in [0.1, 0.15) is 19.7 Å². The molecule has 1 fully saturated rings. The van der Waals surface area contributed by atoms with E-state index in [2.05, 4.69) is 9.97 Å². The number of hydrogen-bond acceptors (Lipinski definition) is 4. The van der Waals surface area contributed by atoms with Crippen LogP contribution in [0.25, 0.3) is 0 Å². The number of aryl methyl sites for hydroxylation is 1. The third-order valence-corrected chi connectivity index (χ3v) is 2.50. The summed E-state index contributed by atoms with van der Waals surface area (Å²) in [5, 5.41) is 9.59. The Bertz CT molecular complexity index is 417. The molecule has 15 heavy (non-hydrogen) atoms. The molecule has 0 bridgehead atoms. The van der Waals surface area contributed by atoms with Crippen molar-refractivity contribution >= 4 is 5.82 Å². The summed E-state index contributed by atoms with van der Waals surface area (Å²) >= 11 is 0. The van der Waals surface area contributed by atoms with E-state index in [4.69, 9.17) is 0 Å². The van der Waals surface area contributed by atoms with Gasteiger partial charge in [-0.1, -0.05) is 6.92 Å². The van der Waals surface area contributed by atoms with Crippen molar-refractivity contribution in [2.24, 2.45) is 0 Å². The molecule has 2 rings (SSSR count). The number of aromatic nitrogens is 2. The van der Waals surface area contributed by atoms with E-state index in [0.717, 1.165) is 0 Å². The molecule has 82 valence electrons. The second-order valence-corrected chi connectivity index (χ2v) is 4.26. The lowest BCUT2D eigenvalue weighted by Gasteiger charge is -2.44. The van der Waals surface area contributed by atoms with Crippen LogP contribution in [0.5, 0.6) is 0 Å². The normalized spacial score (nSPS) is 18.7. The van der Waals surface area contributed by atoms with Crippen molar-refractivity contribution in [3.05, 3.63) is 22.2 Å². The summed E-state index contributed by atoms with van der Waals surface area (Å²) < 4.78 is 0. The zero-order valence-corrected chi connectivity index (χ0v) is 8.95. The molecule has 0 aromatic carbocycles. The zero-order chi connectivity index (χ0) is 11.1. The topological polar surface area (TPSA) is 69.2 Å². The first kappa shape index (κ1) is 10.2. The standard InChI is InChI=1S/C10H15N3O2/c1-3-7-11-8(4-9(14)12-7)13-5-10(2,15)6-13/h4,15H,3,5-6H2,1-2H3,(H,11,12,14). The van der Waals surface area contributed by atoms with E-state index in [0.29, 0.717) is 31.2 Å². The molecule has 1 saturated heterocycles. The van der Waals surface area contributed by atoms with Crippen molar-refractivity contribution in [2.75, 3.05) is 18.0 Å². The molecule has 1 aliphatic rings. The number of anilines is 1. The minimum atomic E-state index is -0.642. The fourth-order valence-electron chi connectivity index (χ4n) is 1.76. The van der Waals surface area contributed by atoms with Gasteiger partial charge >= 0.3 is 0 Å². The Hall–Kier alpha value is -1.36. The summed E-state index contributed by atoms with van der Waals surface area (Å²) in [5.41, 5.74) is -0.778. The van der Waals surface area contributed by atoms with Crippen molar-refractivity contribution in [3.8, 4) is 0 Å². The lowest BCUT2D eigenvalue weighted by Crippen LogP contribution is -2.60. The first-order valence-corrected chi connectivity index (χ1v) is 5.08. The van der Waals surface area contributed by atoms with Gasteiger partial charge in [-0.05, 0) is 6.92 Å². The minimum Gasteiger partial charge on any atom is -0.386 e. The second kappa shape index (κ2) is 3.34. The van der Waals surface area contributed by atoms with E-state index in [9.17, 15) is 9.90 Å². The van der Waals surface area contributed by atoms with Gasteiger partial charge in [0.15, 0.2) is 0 Å². The highest BCUT2D eigenvalue weighted by Crippen LogP contribution is 2.24. The Kier molecular flexibility index (Phi) is 2.26. The summed E-state index contributed by atoms with van der Waals surface area (Å²) in [5.74, 6) is 1.34. The molecule has 2 N–H and O–H groups in total. The van der Waals surface area contributed by atoms with Crippen molar-refractivity contribution in [2.45, 2.75) is 25.9 Å². The Labute approximate surface area is 87.8 Å². The van der Waals surface area contributed by atoms with E-state index in [1.807, 2.05) is 11.8 Å². The molecule has 1 aromatic heterocycles. The third kappa shape index (κ3) is 2.02. The lowest BCUT2D eigenvalue weighted by molar-refractivity contribution is 0.0305. The fraction of sp³-hybridized carbons (Fsp3) is 0.600. The number of H-pyrrole nitrogens is 1. The van der Waals surface area contributed by atoms with Gasteiger partial charge in [0.1, 0.15) is 11.6 Å². The summed E-state index contributed by atoms with van der Waals surface area (Å²) in [4.78, 5) is 20.2. The van der Waals surface area contributed by atoms with Gasteiger partial charge in [0, 0.05) is 25.6 Å². The lowest BCUT2D eigenvalue weighted by atomic mass is 9.97. The van der Waals surface area contributed by atoms with Crippen molar-refractivity contribution in [3.63, 3.8) is 0 Å². The molecule has 5 heteroatoms. The molecule has 0 atom stereocenters. The number of nitrogens with zero attached hydrogens (tertiary/aromatic N) is 2. The van der Waals surface area contributed by atoms with Crippen LogP contribution < -0.4 is 10.5 Å². The number of aromatic amines is 1. The van der Waals surface area contributed by atoms with Crippen LogP contribution in [0, 0.1) is 0 Å². The van der Waals surface area contributed by atoms with Gasteiger partial charge in [0.2, 0.25) is 0 Å². The minimum absolute atomic E-state index is 0.136. The van der Waals surface area contributed by atoms with Crippen LogP contribution in [0.2, 0.25) is 0 Å². The van der Waals surface area contributed by atoms with Gasteiger partial charge in [-0.2, -0.15) is 0 Å². The largest absolute Gasteiger partial charge is 0.386 e. The highest BCUT2D eigenvalue weighted by molar-refractivity contribution is 5.42. The van der Waals surface area contributed by atoms with Crippen LogP contribution in [0.3, 0.4) is 0 Å². The maximum atomic E-state index is 11.3. The fourth-order valence-corrected chi connectivity index (χ4v) is 1.76. The number of aliphatic hydroxyl groups is 1. The van der Waals surface area contributed by atoms with Crippen molar-refractivity contribution in [1.82, 2.24) is 9.97 Å². The molecule has 0 amide bonds. The zero-order valence-electron chi connectivity index (χ0n) is 8.95. The van der Waals surface area contributed by atoms with Crippen LogP contribution in [-0.2, 0) is 6.42 Å². The Morgan fingerprint density at radius 3 is 2.87 bits per heavy atom. The van der Waals surface area contributed by atoms with E-state index in [-0.39, 0.29) is 5.56 Å². The van der Waals surface area contributed by atoms with E-state index >= 15 is 0 Å². The smallest absolute Gasteiger partial charge is 0.252 e. The van der Waals surface area contributed by atoms with Crippen LogP contribution in [0.15, 0.2) is 10.9 Å². The quantitative estimate of drug-likeness (QED) is 0.714. The van der Waals surface area contributed by atoms with Gasteiger partial charge in [0.25, 0.3) is 5.56 Å². The van der Waals surface area contributed by atoms with E-state index in [1.54, 1.807) is 6.92 Å². The SMILES string of the molecule is CCc1nc(N2CC(C)(O)C2)cc(=O)[nH]1. The molecular formula is C10H15N3O2. The summed E-state index contributed by atoms with van der Waals surface area (Å²) in [6.45, 7) is 4.78. The third-order valence-electron chi connectivity index (χ3n) is 2.50. The molecule has 2 heterocycles. The van der Waals surface area contributed by atoms with Gasteiger partial charge in [-0.25, -0.2) is 4.98 Å². The van der Waals surface area contributed by atoms with E-state index in [1.165, 1.54) is 6.07 Å². The molecule has 0 saturated carbocycles. The number of rotatable bonds is 2. The first-order valence-electron chi connectivity index (χ1n) is 5.08. The summed E-state index contributed by atoms with van der Waals surface area (Å²) in [6.07, 6.45) is 0.702. The predicted octanol–water partition coefficient (Wildman–Crippen LogP) is -0.0967. The summed E-state index contributed by atoms with van der Waals surface area (Å²) in [6, 6.07) is 1.47. The molecule has 1 aliphatic heterocycles. The van der Waals surface area contributed by atoms with Crippen molar-refractivity contribution < 1.29 is 5.11 Å². The average molecular weight is 209 g/mol. The number of hydrogen-bond donors (Lipinski definition) is 2. The molecule has 5 nitrogen and oxygen atoms in total. The predicted molar refractivity (Wildman–Crippen MR) is 57.1 cm³/mol. The molecule has 1 aromatic rings. The Morgan fingerprint density at radius 2 is 2.33 bits per heavy atom. The molecule has 0 radical (unpaired) electrons. The molecule has 0 spiro atoms. The average Bonchev–Trinajstić information content (AvgIpc) is 2.13. The molecular weight excluding hydrogens is 194 g/mol. The van der Waals surface area contributed by atoms with Crippen LogP contribution >= 0.6 is 0 Å². The molecule has 0 unspecified atom stereocenters. The summed E-state index contributed by atoms with van der Waals surface area (Å²) in [7, 11) is 0. The Balaban J connectivity index is 2.23. The van der Waals surface area contributed by atoms with E-state index < -0.39 is 5.60 Å². The first-order chi connectivity index (χ1) is 7.00. The highest BCUT2D eigenvalue weighted by Gasteiger charge is 2.37. The maximum absolute atomic E-state index is 11.3. The highest BCUT2D eigenvalue weighted by atomic mass is 16.3. The monoisotopic (exact) mass is 209 g/mol. The van der Waals surface area contributed by atoms with Gasteiger partial charge < -0.3 is 15.0 Å². The van der Waals surface area contributed by atoms with Gasteiger partial charge in [0.05, 0.1) is 5.60 Å². The Morgan fingerprint density at radius 1 is 1.67 bits per heavy atom. The second-order valence-electron chi connectivity index (χ2n) is 4.26.